The molecule has 2 bridgehead atoms. The van der Waals surface area contributed by atoms with Crippen molar-refractivity contribution in [1.29, 1.82) is 5.26 Å². The molecule has 3 heterocycles. The first-order valence-corrected chi connectivity index (χ1v) is 8.86. The Kier molecular flexibility index (Phi) is 3.10. The van der Waals surface area contributed by atoms with Gasteiger partial charge in [-0.25, -0.2) is 8.42 Å². The first-order chi connectivity index (χ1) is 10.5. The van der Waals surface area contributed by atoms with E-state index in [0.29, 0.717) is 18.7 Å². The fourth-order valence-corrected chi connectivity index (χ4v) is 5.64. The zero-order chi connectivity index (χ0) is 15.5. The fraction of sp³-hybridized carbons (Fsp3) is 0.400. The number of halogens is 1. The molecule has 0 aromatic heterocycles. The van der Waals surface area contributed by atoms with Gasteiger partial charge in [-0.2, -0.15) is 9.57 Å². The predicted octanol–water partition coefficient (Wildman–Crippen LogP) is 1.79. The Labute approximate surface area is 133 Å². The number of benzene rings is 1. The van der Waals surface area contributed by atoms with E-state index in [-0.39, 0.29) is 34.0 Å². The van der Waals surface area contributed by atoms with E-state index in [2.05, 4.69) is 0 Å². The van der Waals surface area contributed by atoms with Crippen LogP contribution in [-0.4, -0.2) is 38.0 Å². The molecule has 2 saturated heterocycles. The van der Waals surface area contributed by atoms with Crippen molar-refractivity contribution in [3.63, 3.8) is 0 Å². The Balaban J connectivity index is 1.65. The normalized spacial score (nSPS) is 33.1. The van der Waals surface area contributed by atoms with Crippen LogP contribution in [0.4, 0.5) is 0 Å². The summed E-state index contributed by atoms with van der Waals surface area (Å²) in [5.41, 5.74) is 0.345. The minimum absolute atomic E-state index is 0.0339. The summed E-state index contributed by atoms with van der Waals surface area (Å²) in [6.45, 7) is 0.906. The second-order valence-corrected chi connectivity index (χ2v) is 8.17. The lowest BCUT2D eigenvalue weighted by Gasteiger charge is -2.19. The molecule has 1 aromatic carbocycles. The van der Waals surface area contributed by atoms with Crippen LogP contribution in [0.25, 0.3) is 0 Å². The SMILES string of the molecule is N#Cc1ccc(S(=O)(=O)N2CC3C4C=CC(O4)C3C2)c(Cl)c1. The number of sulfonamides is 1. The van der Waals surface area contributed by atoms with Crippen LogP contribution in [0.1, 0.15) is 5.56 Å². The van der Waals surface area contributed by atoms with Gasteiger partial charge in [0.2, 0.25) is 10.0 Å². The van der Waals surface area contributed by atoms with Crippen LogP contribution >= 0.6 is 11.6 Å². The topological polar surface area (TPSA) is 70.4 Å². The lowest BCUT2D eigenvalue weighted by molar-refractivity contribution is 0.0929. The zero-order valence-electron chi connectivity index (χ0n) is 11.5. The summed E-state index contributed by atoms with van der Waals surface area (Å²) < 4.78 is 32.9. The van der Waals surface area contributed by atoms with Crippen molar-refractivity contribution in [2.45, 2.75) is 17.1 Å². The quantitative estimate of drug-likeness (QED) is 0.772. The van der Waals surface area contributed by atoms with E-state index in [9.17, 15) is 8.42 Å². The summed E-state index contributed by atoms with van der Waals surface area (Å²) in [5, 5.41) is 8.94. The highest BCUT2D eigenvalue weighted by molar-refractivity contribution is 7.89. The van der Waals surface area contributed by atoms with E-state index in [4.69, 9.17) is 21.6 Å². The zero-order valence-corrected chi connectivity index (χ0v) is 13.1. The molecule has 3 aliphatic heterocycles. The molecule has 2 fully saturated rings. The molecule has 4 atom stereocenters. The standard InChI is InChI=1S/C15H13ClN2O3S/c16-12-5-9(6-17)1-4-15(12)22(19,20)18-7-10-11(8-18)14-3-2-13(10)21-14/h1-5,10-11,13-14H,7-8H2. The molecule has 0 N–H and O–H groups in total. The van der Waals surface area contributed by atoms with Gasteiger partial charge in [0.25, 0.3) is 0 Å². The number of hydrogen-bond donors (Lipinski definition) is 0. The van der Waals surface area contributed by atoms with Gasteiger partial charge in [0.15, 0.2) is 0 Å². The Bertz CT molecular complexity index is 795. The lowest BCUT2D eigenvalue weighted by atomic mass is 9.86. The Hall–Kier alpha value is -1.39. The number of ether oxygens (including phenoxy) is 1. The molecule has 0 amide bonds. The van der Waals surface area contributed by atoms with Crippen molar-refractivity contribution in [3.05, 3.63) is 40.9 Å². The number of rotatable bonds is 2. The van der Waals surface area contributed by atoms with Gasteiger partial charge in [-0.15, -0.1) is 0 Å². The van der Waals surface area contributed by atoms with Gasteiger partial charge in [-0.05, 0) is 18.2 Å². The third kappa shape index (κ3) is 1.94. The molecule has 5 nitrogen and oxygen atoms in total. The van der Waals surface area contributed by atoms with Crippen molar-refractivity contribution in [2.24, 2.45) is 11.8 Å². The average molecular weight is 337 g/mol. The minimum Gasteiger partial charge on any atom is -0.366 e. The van der Waals surface area contributed by atoms with Gasteiger partial charge in [0.05, 0.1) is 28.9 Å². The van der Waals surface area contributed by atoms with Crippen molar-refractivity contribution in [3.8, 4) is 6.07 Å². The third-order valence-electron chi connectivity index (χ3n) is 4.71. The van der Waals surface area contributed by atoms with Crippen LogP contribution < -0.4 is 0 Å². The Morgan fingerprint density at radius 3 is 2.41 bits per heavy atom. The number of fused-ring (bicyclic) bond motifs is 5. The van der Waals surface area contributed by atoms with Gasteiger partial charge in [0, 0.05) is 24.9 Å². The number of nitrogens with zero attached hydrogens (tertiary/aromatic N) is 2. The number of hydrogen-bond acceptors (Lipinski definition) is 4. The molecular formula is C15H13ClN2O3S. The molecule has 0 spiro atoms. The maximum absolute atomic E-state index is 12.8. The smallest absolute Gasteiger partial charge is 0.244 e. The van der Waals surface area contributed by atoms with Crippen LogP contribution in [-0.2, 0) is 14.8 Å². The molecule has 114 valence electrons. The summed E-state index contributed by atoms with van der Waals surface area (Å²) >= 11 is 6.07. The maximum Gasteiger partial charge on any atom is 0.244 e. The summed E-state index contributed by atoms with van der Waals surface area (Å²) in [5.74, 6) is 0.448. The summed E-state index contributed by atoms with van der Waals surface area (Å²) in [4.78, 5) is 0.0642. The Morgan fingerprint density at radius 1 is 1.23 bits per heavy atom. The van der Waals surface area contributed by atoms with Gasteiger partial charge in [-0.3, -0.25) is 0 Å². The van der Waals surface area contributed by atoms with E-state index in [1.54, 1.807) is 0 Å². The molecule has 1 aromatic rings. The largest absolute Gasteiger partial charge is 0.366 e. The highest BCUT2D eigenvalue weighted by atomic mass is 35.5. The number of nitriles is 1. The van der Waals surface area contributed by atoms with Crippen molar-refractivity contribution in [1.82, 2.24) is 4.31 Å². The van der Waals surface area contributed by atoms with Crippen LogP contribution in [0.15, 0.2) is 35.2 Å². The van der Waals surface area contributed by atoms with Crippen molar-refractivity contribution >= 4 is 21.6 Å². The van der Waals surface area contributed by atoms with E-state index in [0.717, 1.165) is 0 Å². The van der Waals surface area contributed by atoms with Crippen LogP contribution in [0.2, 0.25) is 5.02 Å². The predicted molar refractivity (Wildman–Crippen MR) is 79.7 cm³/mol. The highest BCUT2D eigenvalue weighted by Gasteiger charge is 2.53. The molecule has 0 aliphatic carbocycles. The van der Waals surface area contributed by atoms with Gasteiger partial charge >= 0.3 is 0 Å². The highest BCUT2D eigenvalue weighted by Crippen LogP contribution is 2.45. The van der Waals surface area contributed by atoms with E-state index in [1.165, 1.54) is 22.5 Å². The monoisotopic (exact) mass is 336 g/mol. The average Bonchev–Trinajstić information content (AvgIpc) is 3.19. The van der Waals surface area contributed by atoms with E-state index >= 15 is 0 Å². The van der Waals surface area contributed by atoms with Gasteiger partial charge in [-0.1, -0.05) is 23.8 Å². The molecule has 4 unspecified atom stereocenters. The molecular weight excluding hydrogens is 324 g/mol. The lowest BCUT2D eigenvalue weighted by Crippen LogP contribution is -2.31. The summed E-state index contributed by atoms with van der Waals surface area (Å²) in [6.07, 6.45) is 4.12. The second-order valence-electron chi connectivity index (χ2n) is 5.86. The summed E-state index contributed by atoms with van der Waals surface area (Å²) in [7, 11) is -3.65. The first kappa shape index (κ1) is 14.2. The van der Waals surface area contributed by atoms with Gasteiger partial charge < -0.3 is 4.74 Å². The van der Waals surface area contributed by atoms with Crippen LogP contribution in [0.3, 0.4) is 0 Å². The third-order valence-corrected chi connectivity index (χ3v) is 7.02. The van der Waals surface area contributed by atoms with Crippen molar-refractivity contribution < 1.29 is 13.2 Å². The van der Waals surface area contributed by atoms with Crippen LogP contribution in [0, 0.1) is 23.2 Å². The maximum atomic E-state index is 12.8. The minimum atomic E-state index is -3.65. The molecule has 22 heavy (non-hydrogen) atoms. The summed E-state index contributed by atoms with van der Waals surface area (Å²) in [6, 6.07) is 6.23. The van der Waals surface area contributed by atoms with E-state index in [1.807, 2.05) is 18.2 Å². The molecule has 0 radical (unpaired) electrons. The second kappa shape index (κ2) is 4.80. The Morgan fingerprint density at radius 2 is 1.86 bits per heavy atom. The molecule has 4 rings (SSSR count). The van der Waals surface area contributed by atoms with Crippen LogP contribution in [0.5, 0.6) is 0 Å². The molecule has 7 heteroatoms. The van der Waals surface area contributed by atoms with E-state index < -0.39 is 10.0 Å². The first-order valence-electron chi connectivity index (χ1n) is 7.04. The fourth-order valence-electron chi connectivity index (χ4n) is 3.60. The molecule has 3 aliphatic rings. The van der Waals surface area contributed by atoms with Crippen molar-refractivity contribution in [2.75, 3.05) is 13.1 Å². The molecule has 0 saturated carbocycles. The van der Waals surface area contributed by atoms with Gasteiger partial charge in [0.1, 0.15) is 4.90 Å².